The molecule has 1 aliphatic heterocycles. The number of amides is 1. The molecule has 1 N–H and O–H groups in total. The third kappa shape index (κ3) is 2.48. The Labute approximate surface area is 84.2 Å². The topological polar surface area (TPSA) is 49.8 Å². The van der Waals surface area contributed by atoms with Crippen molar-refractivity contribution in [1.82, 2.24) is 4.90 Å². The summed E-state index contributed by atoms with van der Waals surface area (Å²) in [7, 11) is 0. The summed E-state index contributed by atoms with van der Waals surface area (Å²) in [4.78, 5) is 13.1. The Hall–Kier alpha value is -1.03. The summed E-state index contributed by atoms with van der Waals surface area (Å²) in [5.41, 5.74) is 0. The van der Waals surface area contributed by atoms with Gasteiger partial charge in [-0.2, -0.15) is 0 Å². The first-order chi connectivity index (χ1) is 6.69. The van der Waals surface area contributed by atoms with Gasteiger partial charge in [0, 0.05) is 6.54 Å². The van der Waals surface area contributed by atoms with E-state index in [-0.39, 0.29) is 25.3 Å². The molecule has 0 bridgehead atoms. The molecule has 1 fully saturated rings. The summed E-state index contributed by atoms with van der Waals surface area (Å²) < 4.78 is 4.91. The van der Waals surface area contributed by atoms with Gasteiger partial charge in [-0.3, -0.25) is 0 Å². The third-order valence-electron chi connectivity index (χ3n) is 2.39. The molecule has 80 valence electrons. The highest BCUT2D eigenvalue weighted by atomic mass is 16.6. The number of hydrogen-bond acceptors (Lipinski definition) is 3. The third-order valence-corrected chi connectivity index (χ3v) is 2.39. The lowest BCUT2D eigenvalue weighted by Gasteiger charge is -2.21. The van der Waals surface area contributed by atoms with E-state index in [4.69, 9.17) is 9.84 Å². The first kappa shape index (κ1) is 11.0. The lowest BCUT2D eigenvalue weighted by molar-refractivity contribution is 0.0922. The highest BCUT2D eigenvalue weighted by Gasteiger charge is 2.33. The van der Waals surface area contributed by atoms with E-state index < -0.39 is 0 Å². The number of nitrogens with zero attached hydrogens (tertiary/aromatic N) is 1. The van der Waals surface area contributed by atoms with Crippen LogP contribution in [0.25, 0.3) is 0 Å². The van der Waals surface area contributed by atoms with Crippen molar-refractivity contribution in [1.29, 1.82) is 0 Å². The quantitative estimate of drug-likeness (QED) is 0.690. The van der Waals surface area contributed by atoms with Crippen LogP contribution in [-0.4, -0.2) is 41.9 Å². The summed E-state index contributed by atoms with van der Waals surface area (Å²) >= 11 is 0. The first-order valence-corrected chi connectivity index (χ1v) is 4.84. The molecule has 0 radical (unpaired) electrons. The number of rotatable bonds is 3. The largest absolute Gasteiger partial charge is 0.445 e. The fourth-order valence-corrected chi connectivity index (χ4v) is 1.76. The van der Waals surface area contributed by atoms with E-state index in [0.29, 0.717) is 12.5 Å². The van der Waals surface area contributed by atoms with Crippen LogP contribution in [0.2, 0.25) is 0 Å². The van der Waals surface area contributed by atoms with Crippen LogP contribution in [0.1, 0.15) is 13.3 Å². The van der Waals surface area contributed by atoms with Crippen LogP contribution in [0.5, 0.6) is 0 Å². The van der Waals surface area contributed by atoms with Gasteiger partial charge in [0.1, 0.15) is 6.61 Å². The molecular weight excluding hydrogens is 182 g/mol. The molecule has 14 heavy (non-hydrogen) atoms. The van der Waals surface area contributed by atoms with Crippen molar-refractivity contribution in [2.45, 2.75) is 19.4 Å². The fourth-order valence-electron chi connectivity index (χ4n) is 1.76. The number of ether oxygens (including phenoxy) is 1. The molecular formula is C10H17NO3. The summed E-state index contributed by atoms with van der Waals surface area (Å²) in [5, 5.41) is 9.06. The molecule has 0 aromatic heterocycles. The van der Waals surface area contributed by atoms with Gasteiger partial charge in [0.25, 0.3) is 0 Å². The van der Waals surface area contributed by atoms with E-state index in [2.05, 4.69) is 13.5 Å². The fraction of sp³-hybridized carbons (Fsp3) is 0.700. The summed E-state index contributed by atoms with van der Waals surface area (Å²) in [5.74, 6) is 0.434. The number of likely N-dealkylation sites (tertiary alicyclic amines) is 1. The Bertz CT molecular complexity index is 217. The van der Waals surface area contributed by atoms with E-state index in [1.54, 1.807) is 4.90 Å². The van der Waals surface area contributed by atoms with Gasteiger partial charge in [0.2, 0.25) is 0 Å². The van der Waals surface area contributed by atoms with Crippen LogP contribution in [0, 0.1) is 5.92 Å². The Kier molecular flexibility index (Phi) is 3.95. The van der Waals surface area contributed by atoms with Gasteiger partial charge >= 0.3 is 6.09 Å². The van der Waals surface area contributed by atoms with Gasteiger partial charge in [-0.1, -0.05) is 19.6 Å². The van der Waals surface area contributed by atoms with Crippen LogP contribution < -0.4 is 0 Å². The molecule has 4 nitrogen and oxygen atoms in total. The number of aliphatic hydroxyl groups is 1. The number of carbonyl (C=O) groups excluding carboxylic acids is 1. The van der Waals surface area contributed by atoms with Gasteiger partial charge in [-0.15, -0.1) is 0 Å². The molecule has 0 aromatic carbocycles. The monoisotopic (exact) mass is 199 g/mol. The molecule has 2 atom stereocenters. The van der Waals surface area contributed by atoms with Gasteiger partial charge in [-0.05, 0) is 12.3 Å². The van der Waals surface area contributed by atoms with Crippen molar-refractivity contribution in [3.8, 4) is 0 Å². The van der Waals surface area contributed by atoms with Gasteiger partial charge in [0.05, 0.1) is 12.6 Å². The van der Waals surface area contributed by atoms with Crippen molar-refractivity contribution in [3.05, 3.63) is 12.7 Å². The second-order valence-corrected chi connectivity index (χ2v) is 3.70. The van der Waals surface area contributed by atoms with Crippen LogP contribution in [0.3, 0.4) is 0 Å². The number of hydrogen-bond donors (Lipinski definition) is 1. The average molecular weight is 199 g/mol. The van der Waals surface area contributed by atoms with Crippen LogP contribution in [0.4, 0.5) is 4.79 Å². The maximum atomic E-state index is 11.5. The molecule has 1 heterocycles. The van der Waals surface area contributed by atoms with Crippen molar-refractivity contribution in [2.75, 3.05) is 19.8 Å². The van der Waals surface area contributed by atoms with Gasteiger partial charge in [-0.25, -0.2) is 4.79 Å². The highest BCUT2D eigenvalue weighted by Crippen LogP contribution is 2.22. The van der Waals surface area contributed by atoms with Crippen LogP contribution in [-0.2, 0) is 4.74 Å². The normalized spacial score (nSPS) is 26.3. The zero-order chi connectivity index (χ0) is 10.6. The predicted octanol–water partition coefficient (Wildman–Crippen LogP) is 1.01. The van der Waals surface area contributed by atoms with Crippen molar-refractivity contribution >= 4 is 6.09 Å². The molecule has 4 heteroatoms. The van der Waals surface area contributed by atoms with E-state index >= 15 is 0 Å². The predicted molar refractivity (Wildman–Crippen MR) is 52.9 cm³/mol. The zero-order valence-corrected chi connectivity index (χ0v) is 8.48. The molecule has 1 saturated heterocycles. The van der Waals surface area contributed by atoms with Gasteiger partial charge in [0.15, 0.2) is 0 Å². The minimum absolute atomic E-state index is 0.00747. The number of aliphatic hydroxyl groups excluding tert-OH is 1. The molecule has 1 amide bonds. The zero-order valence-electron chi connectivity index (χ0n) is 8.48. The van der Waals surface area contributed by atoms with Gasteiger partial charge < -0.3 is 14.7 Å². The Morgan fingerprint density at radius 2 is 2.50 bits per heavy atom. The number of carbonyl (C=O) groups is 1. The lowest BCUT2D eigenvalue weighted by Crippen LogP contribution is -2.38. The molecule has 0 unspecified atom stereocenters. The minimum Gasteiger partial charge on any atom is -0.445 e. The summed E-state index contributed by atoms with van der Waals surface area (Å²) in [6.45, 7) is 6.43. The second-order valence-electron chi connectivity index (χ2n) is 3.70. The summed E-state index contributed by atoms with van der Waals surface area (Å²) in [6.07, 6.45) is 2.03. The molecule has 0 saturated carbocycles. The summed E-state index contributed by atoms with van der Waals surface area (Å²) in [6, 6.07) is -0.0812. The lowest BCUT2D eigenvalue weighted by atomic mass is 10.1. The van der Waals surface area contributed by atoms with Crippen LogP contribution >= 0.6 is 0 Å². The maximum absolute atomic E-state index is 11.5. The van der Waals surface area contributed by atoms with E-state index in [9.17, 15) is 4.79 Å². The molecule has 0 spiro atoms. The second kappa shape index (κ2) is 5.00. The Balaban J connectivity index is 2.48. The minimum atomic E-state index is -0.353. The molecule has 1 aliphatic rings. The standard InChI is InChI=1S/C10H17NO3/c1-3-4-14-10(13)11-6-8(2)5-9(11)7-12/h3,8-9,12H,1,4-7H2,2H3/t8-,9-/m0/s1. The molecule has 0 aromatic rings. The van der Waals surface area contributed by atoms with Crippen LogP contribution in [0.15, 0.2) is 12.7 Å². The average Bonchev–Trinajstić information content (AvgIpc) is 2.56. The SMILES string of the molecule is C=CCOC(=O)N1C[C@@H](C)C[C@H]1CO. The first-order valence-electron chi connectivity index (χ1n) is 4.84. The van der Waals surface area contributed by atoms with Crippen molar-refractivity contribution in [2.24, 2.45) is 5.92 Å². The van der Waals surface area contributed by atoms with Crippen molar-refractivity contribution < 1.29 is 14.6 Å². The Morgan fingerprint density at radius 1 is 1.79 bits per heavy atom. The molecule has 1 rings (SSSR count). The van der Waals surface area contributed by atoms with E-state index in [0.717, 1.165) is 6.42 Å². The maximum Gasteiger partial charge on any atom is 0.410 e. The molecule has 0 aliphatic carbocycles. The smallest absolute Gasteiger partial charge is 0.410 e. The van der Waals surface area contributed by atoms with E-state index in [1.807, 2.05) is 0 Å². The van der Waals surface area contributed by atoms with E-state index in [1.165, 1.54) is 6.08 Å². The van der Waals surface area contributed by atoms with Crippen molar-refractivity contribution in [3.63, 3.8) is 0 Å². The Morgan fingerprint density at radius 3 is 3.07 bits per heavy atom. The highest BCUT2D eigenvalue weighted by molar-refractivity contribution is 5.68.